The van der Waals surface area contributed by atoms with Crippen LogP contribution in [0.15, 0.2) is 24.3 Å². The summed E-state index contributed by atoms with van der Waals surface area (Å²) in [6.07, 6.45) is 2.73. The number of amides is 1. The van der Waals surface area contributed by atoms with Crippen LogP contribution in [0.1, 0.15) is 19.3 Å². The van der Waals surface area contributed by atoms with E-state index in [4.69, 9.17) is 10.5 Å². The minimum Gasteiger partial charge on any atom is -0.491 e. The molecule has 3 rings (SSSR count). The molecule has 0 bridgehead atoms. The number of hydrogen-bond donors (Lipinski definition) is 1. The molecule has 5 nitrogen and oxygen atoms in total. The number of benzene rings is 1. The number of carbonyl (C=O) groups excluding carboxylic acids is 1. The second-order valence-electron chi connectivity index (χ2n) is 5.82. The molecule has 0 radical (unpaired) electrons. The molecule has 1 aromatic carbocycles. The van der Waals surface area contributed by atoms with Crippen LogP contribution in [0.2, 0.25) is 0 Å². The molecular formula is C16H23N3O2. The molecule has 1 aromatic rings. The Kier molecular flexibility index (Phi) is 4.29. The van der Waals surface area contributed by atoms with Crippen LogP contribution in [0.5, 0.6) is 5.75 Å². The number of para-hydroxylation sites is 2. The van der Waals surface area contributed by atoms with E-state index in [2.05, 4.69) is 9.80 Å². The van der Waals surface area contributed by atoms with Gasteiger partial charge in [0.1, 0.15) is 5.75 Å². The molecule has 1 amide bonds. The van der Waals surface area contributed by atoms with Crippen LogP contribution in [0.4, 0.5) is 5.69 Å². The molecule has 2 N–H and O–H groups in total. The van der Waals surface area contributed by atoms with E-state index >= 15 is 0 Å². The van der Waals surface area contributed by atoms with Gasteiger partial charge in [-0.15, -0.1) is 0 Å². The van der Waals surface area contributed by atoms with Crippen molar-refractivity contribution in [1.29, 1.82) is 0 Å². The largest absolute Gasteiger partial charge is 0.491 e. The van der Waals surface area contributed by atoms with Gasteiger partial charge in [-0.1, -0.05) is 12.1 Å². The first kappa shape index (κ1) is 14.2. The molecule has 2 heterocycles. The van der Waals surface area contributed by atoms with Crippen molar-refractivity contribution in [3.8, 4) is 5.75 Å². The van der Waals surface area contributed by atoms with Gasteiger partial charge < -0.3 is 15.4 Å². The molecule has 2 saturated heterocycles. The monoisotopic (exact) mass is 289 g/mol. The molecule has 0 aromatic heterocycles. The van der Waals surface area contributed by atoms with Crippen molar-refractivity contribution in [2.75, 3.05) is 38.5 Å². The normalized spacial score (nSPS) is 22.4. The third kappa shape index (κ3) is 3.29. The molecule has 1 atom stereocenters. The third-order valence-electron chi connectivity index (χ3n) is 4.37. The summed E-state index contributed by atoms with van der Waals surface area (Å²) in [6.45, 7) is 4.58. The van der Waals surface area contributed by atoms with E-state index in [1.807, 2.05) is 24.3 Å². The average molecular weight is 289 g/mol. The maximum absolute atomic E-state index is 11.6. The second kappa shape index (κ2) is 6.35. The summed E-state index contributed by atoms with van der Waals surface area (Å²) >= 11 is 0. The first-order valence-electron chi connectivity index (χ1n) is 7.73. The molecule has 2 fully saturated rings. The lowest BCUT2D eigenvalue weighted by molar-refractivity contribution is -0.130. The zero-order valence-electron chi connectivity index (χ0n) is 12.3. The number of carbonyl (C=O) groups is 1. The summed E-state index contributed by atoms with van der Waals surface area (Å²) in [5, 5.41) is 0. The van der Waals surface area contributed by atoms with Crippen molar-refractivity contribution < 1.29 is 9.53 Å². The van der Waals surface area contributed by atoms with Gasteiger partial charge in [-0.3, -0.25) is 9.69 Å². The zero-order chi connectivity index (χ0) is 14.7. The molecule has 0 aliphatic carbocycles. The molecule has 2 aliphatic heterocycles. The molecule has 114 valence electrons. The van der Waals surface area contributed by atoms with Gasteiger partial charge in [-0.05, 0) is 25.0 Å². The van der Waals surface area contributed by atoms with Gasteiger partial charge in [-0.25, -0.2) is 0 Å². The van der Waals surface area contributed by atoms with Gasteiger partial charge in [0.2, 0.25) is 5.91 Å². The van der Waals surface area contributed by atoms with Gasteiger partial charge in [0.25, 0.3) is 0 Å². The lowest BCUT2D eigenvalue weighted by Gasteiger charge is -2.37. The van der Waals surface area contributed by atoms with Gasteiger partial charge in [0.05, 0.1) is 12.3 Å². The zero-order valence-corrected chi connectivity index (χ0v) is 12.3. The highest BCUT2D eigenvalue weighted by Gasteiger charge is 2.34. The number of piperazine rings is 1. The van der Waals surface area contributed by atoms with Gasteiger partial charge in [0.15, 0.2) is 0 Å². The van der Waals surface area contributed by atoms with E-state index in [1.54, 1.807) is 0 Å². The van der Waals surface area contributed by atoms with E-state index < -0.39 is 0 Å². The summed E-state index contributed by atoms with van der Waals surface area (Å²) in [7, 11) is 0. The van der Waals surface area contributed by atoms with Crippen LogP contribution in [0.25, 0.3) is 0 Å². The first-order valence-corrected chi connectivity index (χ1v) is 7.73. The molecule has 21 heavy (non-hydrogen) atoms. The molecule has 5 heteroatoms. The predicted octanol–water partition coefficient (Wildman–Crippen LogP) is 1.34. The van der Waals surface area contributed by atoms with Crippen LogP contribution < -0.4 is 10.5 Å². The number of fused-ring (bicyclic) bond motifs is 1. The molecule has 0 saturated carbocycles. The number of anilines is 1. The van der Waals surface area contributed by atoms with Crippen molar-refractivity contribution in [1.82, 2.24) is 9.80 Å². The van der Waals surface area contributed by atoms with E-state index in [-0.39, 0.29) is 0 Å². The van der Waals surface area contributed by atoms with Gasteiger partial charge in [0, 0.05) is 38.6 Å². The molecular weight excluding hydrogens is 266 g/mol. The van der Waals surface area contributed by atoms with Crippen LogP contribution in [0.3, 0.4) is 0 Å². The highest BCUT2D eigenvalue weighted by molar-refractivity contribution is 5.78. The lowest BCUT2D eigenvalue weighted by Crippen LogP contribution is -2.51. The summed E-state index contributed by atoms with van der Waals surface area (Å²) in [5.74, 6) is 1.10. The Morgan fingerprint density at radius 3 is 3.00 bits per heavy atom. The minimum absolute atomic E-state index is 0.336. The van der Waals surface area contributed by atoms with Gasteiger partial charge in [-0.2, -0.15) is 0 Å². The Hall–Kier alpha value is -1.75. The summed E-state index contributed by atoms with van der Waals surface area (Å²) in [4.78, 5) is 16.1. The van der Waals surface area contributed by atoms with Crippen molar-refractivity contribution >= 4 is 11.6 Å². The molecule has 0 spiro atoms. The van der Waals surface area contributed by atoms with Crippen molar-refractivity contribution in [3.05, 3.63) is 24.3 Å². The van der Waals surface area contributed by atoms with E-state index in [1.165, 1.54) is 0 Å². The number of nitrogens with two attached hydrogens (primary N) is 1. The van der Waals surface area contributed by atoms with E-state index in [9.17, 15) is 4.79 Å². The predicted molar refractivity (Wildman–Crippen MR) is 82.1 cm³/mol. The quantitative estimate of drug-likeness (QED) is 0.656. The minimum atomic E-state index is 0.336. The Balaban J connectivity index is 1.39. The first-order chi connectivity index (χ1) is 10.2. The van der Waals surface area contributed by atoms with Crippen LogP contribution in [-0.2, 0) is 4.79 Å². The van der Waals surface area contributed by atoms with Crippen LogP contribution in [-0.4, -0.2) is 54.5 Å². The molecule has 2 aliphatic rings. The van der Waals surface area contributed by atoms with E-state index in [0.29, 0.717) is 24.2 Å². The highest BCUT2D eigenvalue weighted by atomic mass is 16.5. The number of nitrogens with zero attached hydrogens (tertiary/aromatic N) is 2. The summed E-state index contributed by atoms with van der Waals surface area (Å²) < 4.78 is 5.72. The number of hydrogen-bond acceptors (Lipinski definition) is 4. The maximum Gasteiger partial charge on any atom is 0.222 e. The Bertz CT molecular complexity index is 506. The number of nitrogen functional groups attached to an aromatic ring is 1. The van der Waals surface area contributed by atoms with E-state index in [0.717, 1.165) is 51.2 Å². The summed E-state index contributed by atoms with van der Waals surface area (Å²) in [5.41, 5.74) is 6.53. The van der Waals surface area contributed by atoms with Crippen molar-refractivity contribution in [2.24, 2.45) is 0 Å². The maximum atomic E-state index is 11.6. The number of ether oxygens (including phenoxy) is 1. The fraction of sp³-hybridized carbons (Fsp3) is 0.562. The fourth-order valence-corrected chi connectivity index (χ4v) is 3.21. The Labute approximate surface area is 125 Å². The topological polar surface area (TPSA) is 58.8 Å². The smallest absolute Gasteiger partial charge is 0.222 e. The highest BCUT2D eigenvalue weighted by Crippen LogP contribution is 2.23. The van der Waals surface area contributed by atoms with Crippen molar-refractivity contribution in [2.45, 2.75) is 25.3 Å². The van der Waals surface area contributed by atoms with Gasteiger partial charge >= 0.3 is 0 Å². The standard InChI is InChI=1S/C16H23N3O2/c17-14-4-1-2-5-15(14)21-11-3-8-18-9-10-19-13(12-18)6-7-16(19)20/h1-2,4-5,13H,3,6-12,17H2. The van der Waals surface area contributed by atoms with Crippen molar-refractivity contribution in [3.63, 3.8) is 0 Å². The Morgan fingerprint density at radius 1 is 1.29 bits per heavy atom. The fourth-order valence-electron chi connectivity index (χ4n) is 3.21. The van der Waals surface area contributed by atoms with Crippen LogP contribution in [0, 0.1) is 0 Å². The summed E-state index contributed by atoms with van der Waals surface area (Å²) in [6, 6.07) is 8.04. The third-order valence-corrected chi connectivity index (χ3v) is 4.37. The second-order valence-corrected chi connectivity index (χ2v) is 5.82. The SMILES string of the molecule is Nc1ccccc1OCCCN1CCN2C(=O)CCC2C1. The number of rotatable bonds is 5. The Morgan fingerprint density at radius 2 is 2.14 bits per heavy atom. The molecule has 1 unspecified atom stereocenters. The van der Waals surface area contributed by atoms with Crippen LogP contribution >= 0.6 is 0 Å². The average Bonchev–Trinajstić information content (AvgIpc) is 2.86. The lowest BCUT2D eigenvalue weighted by atomic mass is 10.1.